The van der Waals surface area contributed by atoms with Crippen molar-refractivity contribution in [2.75, 3.05) is 20.3 Å². The van der Waals surface area contributed by atoms with Crippen LogP contribution in [0, 0.1) is 11.8 Å². The fraction of sp³-hybridized carbons (Fsp3) is 0.622. The molecule has 1 aromatic carbocycles. The number of esters is 2. The summed E-state index contributed by atoms with van der Waals surface area (Å²) in [5.74, 6) is -2.49. The molecule has 50 heavy (non-hydrogen) atoms. The third-order valence-electron chi connectivity index (χ3n) is 9.02. The van der Waals surface area contributed by atoms with Gasteiger partial charge in [-0.05, 0) is 69.3 Å². The number of methoxy groups -OCH3 is 1. The van der Waals surface area contributed by atoms with Gasteiger partial charge in [0.25, 0.3) is 0 Å². The van der Waals surface area contributed by atoms with E-state index >= 15 is 0 Å². The number of likely N-dealkylation sites (tertiary alicyclic amines) is 1. The number of amides is 4. The molecule has 13 heteroatoms. The van der Waals surface area contributed by atoms with E-state index in [0.717, 1.165) is 37.7 Å². The largest absolute Gasteiger partial charge is 0.467 e. The van der Waals surface area contributed by atoms with Crippen LogP contribution in [0.15, 0.2) is 42.5 Å². The first-order valence-corrected chi connectivity index (χ1v) is 17.8. The minimum atomic E-state index is -1.08. The third-order valence-corrected chi connectivity index (χ3v) is 9.02. The predicted molar refractivity (Wildman–Crippen MR) is 185 cm³/mol. The van der Waals surface area contributed by atoms with E-state index in [-0.39, 0.29) is 43.8 Å². The lowest BCUT2D eigenvalue weighted by atomic mass is 9.83. The Labute approximate surface area is 295 Å². The number of benzene rings is 1. The number of rotatable bonds is 17. The van der Waals surface area contributed by atoms with Gasteiger partial charge in [-0.2, -0.15) is 0 Å². The highest BCUT2D eigenvalue weighted by Gasteiger charge is 2.42. The van der Waals surface area contributed by atoms with Crippen molar-refractivity contribution in [2.24, 2.45) is 11.8 Å². The topological polar surface area (TPSA) is 169 Å². The molecule has 4 amide bonds. The van der Waals surface area contributed by atoms with E-state index < -0.39 is 54.0 Å². The molecular weight excluding hydrogens is 644 g/mol. The second kappa shape index (κ2) is 20.9. The SMILES string of the molecule is CCOC(=O)/C=C/CCC(NC(=O)OCc1ccccc1)C(=O)N[C@H](C(=O)N1CCCC1C(=O)N[C@@H](CC(C)C)C(=O)OC)C1CCCCC1. The summed E-state index contributed by atoms with van der Waals surface area (Å²) in [6.45, 7) is 6.13. The maximum Gasteiger partial charge on any atom is 0.408 e. The van der Waals surface area contributed by atoms with Gasteiger partial charge in [-0.15, -0.1) is 0 Å². The summed E-state index contributed by atoms with van der Waals surface area (Å²) in [4.78, 5) is 80.4. The first kappa shape index (κ1) is 40.0. The first-order chi connectivity index (χ1) is 24.0. The highest BCUT2D eigenvalue weighted by Crippen LogP contribution is 2.29. The van der Waals surface area contributed by atoms with Crippen molar-refractivity contribution in [3.63, 3.8) is 0 Å². The highest BCUT2D eigenvalue weighted by atomic mass is 16.5. The summed E-state index contributed by atoms with van der Waals surface area (Å²) in [5, 5.41) is 8.38. The molecule has 1 heterocycles. The number of hydrogen-bond donors (Lipinski definition) is 3. The molecule has 3 rings (SSSR count). The molecule has 2 fully saturated rings. The number of carbonyl (C=O) groups excluding carboxylic acids is 6. The van der Waals surface area contributed by atoms with Gasteiger partial charge >= 0.3 is 18.0 Å². The van der Waals surface area contributed by atoms with Crippen LogP contribution in [-0.4, -0.2) is 85.1 Å². The lowest BCUT2D eigenvalue weighted by Crippen LogP contribution is -2.59. The van der Waals surface area contributed by atoms with Crippen LogP contribution >= 0.6 is 0 Å². The van der Waals surface area contributed by atoms with Gasteiger partial charge in [0.15, 0.2) is 0 Å². The van der Waals surface area contributed by atoms with Crippen LogP contribution in [0.1, 0.15) is 90.5 Å². The van der Waals surface area contributed by atoms with E-state index in [1.807, 2.05) is 44.2 Å². The van der Waals surface area contributed by atoms with E-state index in [1.54, 1.807) is 13.0 Å². The molecule has 1 saturated carbocycles. The summed E-state index contributed by atoms with van der Waals surface area (Å²) in [6, 6.07) is 5.45. The summed E-state index contributed by atoms with van der Waals surface area (Å²) >= 11 is 0. The van der Waals surface area contributed by atoms with Crippen LogP contribution in [0.3, 0.4) is 0 Å². The number of nitrogens with one attached hydrogen (secondary N) is 3. The van der Waals surface area contributed by atoms with Crippen molar-refractivity contribution in [2.45, 2.75) is 116 Å². The normalized spacial score (nSPS) is 18.2. The van der Waals surface area contributed by atoms with Gasteiger partial charge in [0, 0.05) is 12.6 Å². The van der Waals surface area contributed by atoms with Crippen molar-refractivity contribution in [3.8, 4) is 0 Å². The standard InChI is InChI=1S/C37H54N4O9/c1-5-49-31(42)21-13-12-19-28(39-37(47)50-24-26-15-8-6-9-16-26)33(43)40-32(27-17-10-7-11-18-27)35(45)41-22-14-20-30(41)34(44)38-29(23-25(2)3)36(46)48-4/h6,8-9,13,15-16,21,25,27-30,32H,5,7,10-12,14,17-20,22-24H2,1-4H3,(H,38,44)(H,39,47)(H,40,43)/b21-13+/t28?,29-,30?,32-/m0/s1. The Kier molecular flexibility index (Phi) is 16.8. The molecule has 1 aliphatic heterocycles. The van der Waals surface area contributed by atoms with Crippen LogP contribution < -0.4 is 16.0 Å². The van der Waals surface area contributed by atoms with E-state index in [4.69, 9.17) is 14.2 Å². The maximum atomic E-state index is 14.3. The smallest absolute Gasteiger partial charge is 0.408 e. The lowest BCUT2D eigenvalue weighted by Gasteiger charge is -2.35. The Balaban J connectivity index is 1.79. The number of allylic oxidation sites excluding steroid dienone is 1. The van der Waals surface area contributed by atoms with Crippen LogP contribution in [0.25, 0.3) is 0 Å². The second-order valence-electron chi connectivity index (χ2n) is 13.3. The average molecular weight is 699 g/mol. The van der Waals surface area contributed by atoms with E-state index in [2.05, 4.69) is 16.0 Å². The van der Waals surface area contributed by atoms with Gasteiger partial charge in [0.2, 0.25) is 17.7 Å². The number of alkyl carbamates (subject to hydrolysis) is 1. The molecule has 4 atom stereocenters. The minimum Gasteiger partial charge on any atom is -0.467 e. The van der Waals surface area contributed by atoms with Crippen LogP contribution in [0.2, 0.25) is 0 Å². The summed E-state index contributed by atoms with van der Waals surface area (Å²) in [7, 11) is 1.27. The fourth-order valence-corrected chi connectivity index (χ4v) is 6.49. The molecule has 2 aliphatic rings. The zero-order chi connectivity index (χ0) is 36.5. The Hall–Kier alpha value is -4.42. The van der Waals surface area contributed by atoms with E-state index in [1.165, 1.54) is 18.1 Å². The van der Waals surface area contributed by atoms with Gasteiger partial charge in [0.05, 0.1) is 13.7 Å². The predicted octanol–water partition coefficient (Wildman–Crippen LogP) is 3.94. The fourth-order valence-electron chi connectivity index (χ4n) is 6.49. The molecule has 13 nitrogen and oxygen atoms in total. The molecular formula is C37H54N4O9. The molecule has 1 aromatic rings. The second-order valence-corrected chi connectivity index (χ2v) is 13.3. The number of hydrogen-bond acceptors (Lipinski definition) is 9. The van der Waals surface area contributed by atoms with Crippen molar-refractivity contribution in [1.29, 1.82) is 0 Å². The Bertz CT molecular complexity index is 1310. The molecule has 0 radical (unpaired) electrons. The highest BCUT2D eigenvalue weighted by molar-refractivity contribution is 5.95. The molecule has 3 N–H and O–H groups in total. The molecule has 276 valence electrons. The van der Waals surface area contributed by atoms with Gasteiger partial charge < -0.3 is 35.1 Å². The Morgan fingerprint density at radius 1 is 0.900 bits per heavy atom. The zero-order valence-electron chi connectivity index (χ0n) is 29.8. The first-order valence-electron chi connectivity index (χ1n) is 17.8. The average Bonchev–Trinajstić information content (AvgIpc) is 3.61. The van der Waals surface area contributed by atoms with E-state index in [9.17, 15) is 28.8 Å². The maximum absolute atomic E-state index is 14.3. The Morgan fingerprint density at radius 2 is 1.62 bits per heavy atom. The van der Waals surface area contributed by atoms with Crippen molar-refractivity contribution >= 4 is 35.8 Å². The summed E-state index contributed by atoms with van der Waals surface area (Å²) < 4.78 is 15.2. The zero-order valence-corrected chi connectivity index (χ0v) is 29.8. The molecule has 0 bridgehead atoms. The van der Waals surface area contributed by atoms with Crippen molar-refractivity contribution in [1.82, 2.24) is 20.9 Å². The number of ether oxygens (including phenoxy) is 3. The molecule has 1 saturated heterocycles. The third kappa shape index (κ3) is 12.8. The van der Waals surface area contributed by atoms with Gasteiger partial charge in [-0.1, -0.05) is 69.5 Å². The molecule has 0 aromatic heterocycles. The van der Waals surface area contributed by atoms with Crippen LogP contribution in [0.4, 0.5) is 4.79 Å². The molecule has 2 unspecified atom stereocenters. The lowest BCUT2D eigenvalue weighted by molar-refractivity contribution is -0.147. The molecule has 0 spiro atoms. The van der Waals surface area contributed by atoms with Gasteiger partial charge in [-0.25, -0.2) is 14.4 Å². The van der Waals surface area contributed by atoms with E-state index in [0.29, 0.717) is 25.8 Å². The van der Waals surface area contributed by atoms with Crippen molar-refractivity contribution < 1.29 is 43.0 Å². The summed E-state index contributed by atoms with van der Waals surface area (Å²) in [6.07, 6.45) is 8.06. The number of nitrogens with zero attached hydrogens (tertiary/aromatic N) is 1. The van der Waals surface area contributed by atoms with Crippen LogP contribution in [0.5, 0.6) is 0 Å². The Morgan fingerprint density at radius 3 is 2.28 bits per heavy atom. The van der Waals surface area contributed by atoms with Crippen LogP contribution in [-0.2, 0) is 44.8 Å². The minimum absolute atomic E-state index is 0.000620. The quantitative estimate of drug-likeness (QED) is 0.124. The van der Waals surface area contributed by atoms with Gasteiger partial charge in [0.1, 0.15) is 30.8 Å². The van der Waals surface area contributed by atoms with Gasteiger partial charge in [-0.3, -0.25) is 14.4 Å². The summed E-state index contributed by atoms with van der Waals surface area (Å²) in [5.41, 5.74) is 0.773. The monoisotopic (exact) mass is 698 g/mol. The molecule has 1 aliphatic carbocycles. The number of carbonyl (C=O) groups is 6. The van der Waals surface area contributed by atoms with Crippen molar-refractivity contribution in [3.05, 3.63) is 48.0 Å².